The lowest BCUT2D eigenvalue weighted by Crippen LogP contribution is -2.38. The minimum Gasteiger partial charge on any atom is -0.496 e. The number of nitrogens with zero attached hydrogens (tertiary/aromatic N) is 1. The molecule has 1 atom stereocenters. The first-order valence-electron chi connectivity index (χ1n) is 7.96. The lowest BCUT2D eigenvalue weighted by Gasteiger charge is -2.18. The van der Waals surface area contributed by atoms with E-state index >= 15 is 0 Å². The summed E-state index contributed by atoms with van der Waals surface area (Å²) in [4.78, 5) is 4.67. The zero-order chi connectivity index (χ0) is 16.5. The van der Waals surface area contributed by atoms with Crippen molar-refractivity contribution in [1.82, 2.24) is 10.6 Å². The molecule has 0 spiro atoms. The van der Waals surface area contributed by atoms with Crippen LogP contribution in [0.2, 0.25) is 0 Å². The maximum atomic E-state index is 5.38. The smallest absolute Gasteiger partial charge is 0.192 e. The van der Waals surface area contributed by atoms with Crippen LogP contribution >= 0.6 is 0 Å². The summed E-state index contributed by atoms with van der Waals surface area (Å²) in [6, 6.07) is 18.5. The predicted molar refractivity (Wildman–Crippen MR) is 95.8 cm³/mol. The first-order chi connectivity index (χ1) is 11.2. The van der Waals surface area contributed by atoms with Gasteiger partial charge in [0, 0.05) is 12.1 Å². The van der Waals surface area contributed by atoms with E-state index in [-0.39, 0.29) is 6.04 Å². The van der Waals surface area contributed by atoms with Crippen LogP contribution in [-0.4, -0.2) is 19.6 Å². The summed E-state index contributed by atoms with van der Waals surface area (Å²) in [5, 5.41) is 6.73. The number of hydrogen-bond acceptors (Lipinski definition) is 2. The molecule has 2 N–H and O–H groups in total. The average molecular weight is 311 g/mol. The number of nitrogens with one attached hydrogen (secondary N) is 2. The van der Waals surface area contributed by atoms with Gasteiger partial charge in [-0.2, -0.15) is 0 Å². The van der Waals surface area contributed by atoms with Gasteiger partial charge >= 0.3 is 0 Å². The Morgan fingerprint density at radius 3 is 2.48 bits per heavy atom. The number of aliphatic imine (C=N–C) groups is 1. The molecule has 0 aliphatic heterocycles. The SMILES string of the molecule is CCNC(=NCc1ccccc1OC)NC(C)c1ccccc1. The lowest BCUT2D eigenvalue weighted by atomic mass is 10.1. The summed E-state index contributed by atoms with van der Waals surface area (Å²) in [7, 11) is 1.68. The summed E-state index contributed by atoms with van der Waals surface area (Å²) in [6.45, 7) is 5.58. The molecular weight excluding hydrogens is 286 g/mol. The fourth-order valence-electron chi connectivity index (χ4n) is 2.35. The Morgan fingerprint density at radius 2 is 1.78 bits per heavy atom. The summed E-state index contributed by atoms with van der Waals surface area (Å²) in [6.07, 6.45) is 0. The van der Waals surface area contributed by atoms with Gasteiger partial charge in [-0.3, -0.25) is 0 Å². The van der Waals surface area contributed by atoms with E-state index in [2.05, 4.69) is 41.6 Å². The molecule has 2 aromatic carbocycles. The highest BCUT2D eigenvalue weighted by atomic mass is 16.5. The molecular formula is C19H25N3O. The largest absolute Gasteiger partial charge is 0.496 e. The highest BCUT2D eigenvalue weighted by Crippen LogP contribution is 2.18. The molecule has 0 aromatic heterocycles. The van der Waals surface area contributed by atoms with Crippen molar-refractivity contribution >= 4 is 5.96 Å². The van der Waals surface area contributed by atoms with E-state index < -0.39 is 0 Å². The van der Waals surface area contributed by atoms with Gasteiger partial charge in [-0.1, -0.05) is 48.5 Å². The molecule has 4 nitrogen and oxygen atoms in total. The van der Waals surface area contributed by atoms with E-state index in [1.54, 1.807) is 7.11 Å². The van der Waals surface area contributed by atoms with E-state index in [0.29, 0.717) is 6.54 Å². The first-order valence-corrected chi connectivity index (χ1v) is 7.96. The summed E-state index contributed by atoms with van der Waals surface area (Å²) in [5.41, 5.74) is 2.30. The quantitative estimate of drug-likeness (QED) is 0.634. The van der Waals surface area contributed by atoms with Crippen molar-refractivity contribution < 1.29 is 4.74 Å². The number of guanidine groups is 1. The Morgan fingerprint density at radius 1 is 1.09 bits per heavy atom. The first kappa shape index (κ1) is 16.9. The molecule has 122 valence electrons. The summed E-state index contributed by atoms with van der Waals surface area (Å²) >= 11 is 0. The molecule has 4 heteroatoms. The number of methoxy groups -OCH3 is 1. The molecule has 0 aliphatic rings. The molecule has 23 heavy (non-hydrogen) atoms. The van der Waals surface area contributed by atoms with Crippen LogP contribution < -0.4 is 15.4 Å². The number of para-hydroxylation sites is 1. The number of rotatable bonds is 6. The maximum Gasteiger partial charge on any atom is 0.192 e. The van der Waals surface area contributed by atoms with E-state index in [4.69, 9.17) is 4.74 Å². The Labute approximate surface area is 138 Å². The molecule has 0 radical (unpaired) electrons. The third-order valence-corrected chi connectivity index (χ3v) is 3.60. The highest BCUT2D eigenvalue weighted by Gasteiger charge is 2.07. The van der Waals surface area contributed by atoms with Crippen molar-refractivity contribution in [2.75, 3.05) is 13.7 Å². The Hall–Kier alpha value is -2.49. The van der Waals surface area contributed by atoms with Gasteiger partial charge in [0.25, 0.3) is 0 Å². The molecule has 0 heterocycles. The van der Waals surface area contributed by atoms with E-state index in [1.807, 2.05) is 42.5 Å². The second kappa shape index (κ2) is 8.83. The van der Waals surface area contributed by atoms with Gasteiger partial charge in [0.05, 0.1) is 19.7 Å². The second-order valence-corrected chi connectivity index (χ2v) is 5.28. The summed E-state index contributed by atoms with van der Waals surface area (Å²) in [5.74, 6) is 1.66. The van der Waals surface area contributed by atoms with Gasteiger partial charge in [0.15, 0.2) is 5.96 Å². The van der Waals surface area contributed by atoms with Gasteiger partial charge in [-0.05, 0) is 25.5 Å². The van der Waals surface area contributed by atoms with Crippen LogP contribution in [0.3, 0.4) is 0 Å². The lowest BCUT2D eigenvalue weighted by molar-refractivity contribution is 0.410. The Kier molecular flexibility index (Phi) is 6.48. The van der Waals surface area contributed by atoms with Crippen LogP contribution in [0.25, 0.3) is 0 Å². The number of benzene rings is 2. The van der Waals surface area contributed by atoms with E-state index in [9.17, 15) is 0 Å². The van der Waals surface area contributed by atoms with Crippen molar-refractivity contribution in [2.45, 2.75) is 26.4 Å². The van der Waals surface area contributed by atoms with Crippen molar-refractivity contribution in [3.05, 3.63) is 65.7 Å². The Balaban J connectivity index is 2.08. The van der Waals surface area contributed by atoms with Crippen molar-refractivity contribution in [3.63, 3.8) is 0 Å². The predicted octanol–water partition coefficient (Wildman–Crippen LogP) is 3.51. The van der Waals surface area contributed by atoms with Crippen LogP contribution in [0.1, 0.15) is 31.0 Å². The van der Waals surface area contributed by atoms with Crippen molar-refractivity contribution in [2.24, 2.45) is 4.99 Å². The topological polar surface area (TPSA) is 45.7 Å². The van der Waals surface area contributed by atoms with Gasteiger partial charge < -0.3 is 15.4 Å². The highest BCUT2D eigenvalue weighted by molar-refractivity contribution is 5.80. The average Bonchev–Trinajstić information content (AvgIpc) is 2.60. The third-order valence-electron chi connectivity index (χ3n) is 3.60. The van der Waals surface area contributed by atoms with Crippen LogP contribution in [-0.2, 0) is 6.54 Å². The van der Waals surface area contributed by atoms with Crippen LogP contribution in [0.15, 0.2) is 59.6 Å². The monoisotopic (exact) mass is 311 g/mol. The van der Waals surface area contributed by atoms with Crippen LogP contribution in [0.4, 0.5) is 0 Å². The molecule has 0 fully saturated rings. The van der Waals surface area contributed by atoms with Gasteiger partial charge in [0.2, 0.25) is 0 Å². The molecule has 0 bridgehead atoms. The number of hydrogen-bond donors (Lipinski definition) is 2. The fourth-order valence-corrected chi connectivity index (χ4v) is 2.35. The van der Waals surface area contributed by atoms with Crippen LogP contribution in [0.5, 0.6) is 5.75 Å². The number of ether oxygens (including phenoxy) is 1. The molecule has 0 aliphatic carbocycles. The zero-order valence-electron chi connectivity index (χ0n) is 14.0. The van der Waals surface area contributed by atoms with E-state index in [1.165, 1.54) is 5.56 Å². The second-order valence-electron chi connectivity index (χ2n) is 5.28. The van der Waals surface area contributed by atoms with Crippen molar-refractivity contribution in [1.29, 1.82) is 0 Å². The van der Waals surface area contributed by atoms with E-state index in [0.717, 1.165) is 23.8 Å². The zero-order valence-corrected chi connectivity index (χ0v) is 14.0. The standard InChI is InChI=1S/C19H25N3O/c1-4-20-19(22-15(2)16-10-6-5-7-11-16)21-14-17-12-8-9-13-18(17)23-3/h5-13,15H,4,14H2,1-3H3,(H2,20,21,22). The normalized spacial score (nSPS) is 12.6. The molecule has 2 rings (SSSR count). The Bertz CT molecular complexity index is 626. The molecule has 2 aromatic rings. The van der Waals surface area contributed by atoms with Gasteiger partial charge in [-0.25, -0.2) is 4.99 Å². The third kappa shape index (κ3) is 5.02. The maximum absolute atomic E-state index is 5.38. The van der Waals surface area contributed by atoms with Gasteiger partial charge in [0.1, 0.15) is 5.75 Å². The molecule has 0 amide bonds. The molecule has 0 saturated carbocycles. The fraction of sp³-hybridized carbons (Fsp3) is 0.316. The minimum absolute atomic E-state index is 0.187. The molecule has 1 unspecified atom stereocenters. The molecule has 0 saturated heterocycles. The summed E-state index contributed by atoms with van der Waals surface area (Å²) < 4.78 is 5.38. The van der Waals surface area contributed by atoms with Crippen LogP contribution in [0, 0.1) is 0 Å². The van der Waals surface area contributed by atoms with Crippen molar-refractivity contribution in [3.8, 4) is 5.75 Å². The minimum atomic E-state index is 0.187. The van der Waals surface area contributed by atoms with Gasteiger partial charge in [-0.15, -0.1) is 0 Å².